The van der Waals surface area contributed by atoms with Crippen molar-refractivity contribution < 1.29 is 36.8 Å². The standard InChI is InChI=1S/C27H26F3NO5S/c1-35-23-13-10-20(15-24(37(2)34)26(33)36-17-19-6-4-3-5-7-19)14-22(23)25(32)31-16-18-8-11-21(12-9-18)27(28,29)30/h3-14,24H,15-17H2,1-2H3,(H,31,32). The summed E-state index contributed by atoms with van der Waals surface area (Å²) in [5.41, 5.74) is 1.25. The second-order valence-electron chi connectivity index (χ2n) is 8.20. The number of ether oxygens (including phenoxy) is 2. The predicted molar refractivity (Wildman–Crippen MR) is 133 cm³/mol. The molecule has 0 aliphatic carbocycles. The minimum atomic E-state index is -4.44. The lowest BCUT2D eigenvalue weighted by atomic mass is 10.0. The monoisotopic (exact) mass is 533 g/mol. The van der Waals surface area contributed by atoms with Crippen molar-refractivity contribution in [2.24, 2.45) is 0 Å². The van der Waals surface area contributed by atoms with E-state index in [0.717, 1.165) is 17.7 Å². The summed E-state index contributed by atoms with van der Waals surface area (Å²) in [6, 6.07) is 18.3. The lowest BCUT2D eigenvalue weighted by Crippen LogP contribution is -2.33. The molecule has 0 radical (unpaired) electrons. The van der Waals surface area contributed by atoms with Crippen molar-refractivity contribution in [3.05, 3.63) is 101 Å². The lowest BCUT2D eigenvalue weighted by molar-refractivity contribution is -0.144. The molecule has 2 atom stereocenters. The highest BCUT2D eigenvalue weighted by Crippen LogP contribution is 2.29. The van der Waals surface area contributed by atoms with E-state index in [0.29, 0.717) is 11.1 Å². The molecule has 6 nitrogen and oxygen atoms in total. The summed E-state index contributed by atoms with van der Waals surface area (Å²) in [5, 5.41) is 1.72. The highest BCUT2D eigenvalue weighted by Gasteiger charge is 2.31. The number of rotatable bonds is 10. The van der Waals surface area contributed by atoms with Crippen molar-refractivity contribution in [2.75, 3.05) is 13.4 Å². The second-order valence-corrected chi connectivity index (χ2v) is 9.76. The van der Waals surface area contributed by atoms with Gasteiger partial charge in [0.25, 0.3) is 5.91 Å². The number of esters is 1. The van der Waals surface area contributed by atoms with Gasteiger partial charge in [-0.1, -0.05) is 48.5 Å². The smallest absolute Gasteiger partial charge is 0.416 e. The third kappa shape index (κ3) is 7.99. The topological polar surface area (TPSA) is 87.7 Å². The number of amides is 1. The number of carbonyl (C=O) groups excluding carboxylic acids is 2. The zero-order valence-corrected chi connectivity index (χ0v) is 21.0. The maximum absolute atomic E-state index is 12.9. The van der Waals surface area contributed by atoms with E-state index in [1.807, 2.05) is 30.3 Å². The largest absolute Gasteiger partial charge is 0.616 e. The number of alkyl halides is 3. The number of methoxy groups -OCH3 is 1. The van der Waals surface area contributed by atoms with Gasteiger partial charge in [-0.3, -0.25) is 4.79 Å². The van der Waals surface area contributed by atoms with Crippen LogP contribution in [0.25, 0.3) is 0 Å². The normalized spacial score (nSPS) is 12.9. The first-order valence-corrected chi connectivity index (χ1v) is 12.8. The van der Waals surface area contributed by atoms with Crippen LogP contribution < -0.4 is 10.1 Å². The van der Waals surface area contributed by atoms with Crippen molar-refractivity contribution in [3.8, 4) is 5.75 Å². The van der Waals surface area contributed by atoms with Crippen LogP contribution in [-0.2, 0) is 46.5 Å². The fourth-order valence-corrected chi connectivity index (χ4v) is 4.29. The maximum Gasteiger partial charge on any atom is 0.416 e. The van der Waals surface area contributed by atoms with Gasteiger partial charge >= 0.3 is 12.1 Å². The summed E-state index contributed by atoms with van der Waals surface area (Å²) in [5.74, 6) is -0.859. The maximum atomic E-state index is 12.9. The van der Waals surface area contributed by atoms with Gasteiger partial charge in [-0.15, -0.1) is 0 Å². The molecule has 0 spiro atoms. The number of hydrogen-bond donors (Lipinski definition) is 1. The Morgan fingerprint density at radius 1 is 0.973 bits per heavy atom. The van der Waals surface area contributed by atoms with Crippen LogP contribution in [0.3, 0.4) is 0 Å². The van der Waals surface area contributed by atoms with Crippen LogP contribution in [0.2, 0.25) is 0 Å². The van der Waals surface area contributed by atoms with Crippen LogP contribution in [0.1, 0.15) is 32.6 Å². The number of halogens is 3. The van der Waals surface area contributed by atoms with Gasteiger partial charge in [0.05, 0.1) is 24.5 Å². The summed E-state index contributed by atoms with van der Waals surface area (Å²) in [6.45, 7) is 0.0470. The molecule has 0 fully saturated rings. The summed E-state index contributed by atoms with van der Waals surface area (Å²) in [7, 11) is 1.40. The Morgan fingerprint density at radius 2 is 1.62 bits per heavy atom. The summed E-state index contributed by atoms with van der Waals surface area (Å²) < 4.78 is 61.2. The molecule has 10 heteroatoms. The molecule has 1 N–H and O–H groups in total. The Kier molecular flexibility index (Phi) is 9.60. The molecule has 3 aromatic rings. The molecular weight excluding hydrogens is 507 g/mol. The molecule has 2 unspecified atom stereocenters. The minimum Gasteiger partial charge on any atom is -0.616 e. The van der Waals surface area contributed by atoms with Gasteiger partial charge in [0.1, 0.15) is 12.4 Å². The van der Waals surface area contributed by atoms with Crippen LogP contribution in [-0.4, -0.2) is 35.0 Å². The molecule has 3 aromatic carbocycles. The Bertz CT molecular complexity index is 1200. The zero-order valence-electron chi connectivity index (χ0n) is 20.2. The van der Waals surface area contributed by atoms with E-state index in [-0.39, 0.29) is 30.9 Å². The van der Waals surface area contributed by atoms with Crippen LogP contribution in [0.15, 0.2) is 72.8 Å². The van der Waals surface area contributed by atoms with Gasteiger partial charge in [0, 0.05) is 13.0 Å². The number of carbonyl (C=O) groups is 2. The first kappa shape index (κ1) is 28.1. The Labute approximate surface area is 216 Å². The molecule has 0 aromatic heterocycles. The zero-order chi connectivity index (χ0) is 27.0. The minimum absolute atomic E-state index is 0.00222. The average Bonchev–Trinajstić information content (AvgIpc) is 2.89. The quantitative estimate of drug-likeness (QED) is 0.302. The van der Waals surface area contributed by atoms with Gasteiger partial charge in [-0.2, -0.15) is 13.2 Å². The predicted octanol–water partition coefficient (Wildman–Crippen LogP) is 4.68. The average molecular weight is 534 g/mol. The van der Waals surface area contributed by atoms with E-state index in [4.69, 9.17) is 9.47 Å². The SMILES string of the molecule is COc1ccc(CC(C(=O)OCc2ccccc2)[S+](C)[O-])cc1C(=O)NCc1ccc(C(F)(F)F)cc1. The molecule has 0 aliphatic heterocycles. The molecule has 1 amide bonds. The molecule has 0 heterocycles. The number of nitrogens with one attached hydrogen (secondary N) is 1. The van der Waals surface area contributed by atoms with Gasteiger partial charge in [0.15, 0.2) is 0 Å². The van der Waals surface area contributed by atoms with Gasteiger partial charge in [-0.05, 0) is 52.1 Å². The fourth-order valence-electron chi connectivity index (χ4n) is 3.52. The van der Waals surface area contributed by atoms with E-state index < -0.39 is 40.0 Å². The summed E-state index contributed by atoms with van der Waals surface area (Å²) in [6.07, 6.45) is -2.96. The van der Waals surface area contributed by atoms with Crippen LogP contribution in [0.4, 0.5) is 13.2 Å². The fraction of sp³-hybridized carbons (Fsp3) is 0.259. The van der Waals surface area contributed by atoms with E-state index in [2.05, 4.69) is 5.32 Å². The molecule has 0 bridgehead atoms. The number of benzene rings is 3. The van der Waals surface area contributed by atoms with E-state index in [1.165, 1.54) is 31.6 Å². The highest BCUT2D eigenvalue weighted by atomic mass is 32.2. The summed E-state index contributed by atoms with van der Waals surface area (Å²) in [4.78, 5) is 25.5. The molecule has 3 rings (SSSR count). The van der Waals surface area contributed by atoms with Crippen LogP contribution in [0, 0.1) is 0 Å². The third-order valence-corrected chi connectivity index (χ3v) is 6.71. The Balaban J connectivity index is 1.68. The summed E-state index contributed by atoms with van der Waals surface area (Å²) >= 11 is -1.54. The van der Waals surface area contributed by atoms with Gasteiger partial charge in [-0.25, -0.2) is 4.79 Å². The molecular formula is C27H26F3NO5S. The van der Waals surface area contributed by atoms with Crippen LogP contribution >= 0.6 is 0 Å². The van der Waals surface area contributed by atoms with E-state index in [1.54, 1.807) is 12.1 Å². The molecule has 37 heavy (non-hydrogen) atoms. The van der Waals surface area contributed by atoms with Crippen molar-refractivity contribution in [1.29, 1.82) is 0 Å². The Morgan fingerprint density at radius 3 is 2.22 bits per heavy atom. The van der Waals surface area contributed by atoms with Gasteiger partial charge < -0.3 is 19.3 Å². The van der Waals surface area contributed by atoms with Crippen molar-refractivity contribution in [3.63, 3.8) is 0 Å². The molecule has 0 saturated carbocycles. The molecule has 0 saturated heterocycles. The van der Waals surface area contributed by atoms with Crippen molar-refractivity contribution in [1.82, 2.24) is 5.32 Å². The third-order valence-electron chi connectivity index (χ3n) is 5.55. The van der Waals surface area contributed by atoms with Crippen molar-refractivity contribution >= 4 is 23.1 Å². The lowest BCUT2D eigenvalue weighted by Gasteiger charge is -2.18. The van der Waals surface area contributed by atoms with E-state index >= 15 is 0 Å². The van der Waals surface area contributed by atoms with Gasteiger partial charge in [0.2, 0.25) is 5.25 Å². The highest BCUT2D eigenvalue weighted by molar-refractivity contribution is 7.92. The molecule has 0 aliphatic rings. The first-order valence-electron chi connectivity index (χ1n) is 11.2. The van der Waals surface area contributed by atoms with E-state index in [9.17, 15) is 27.3 Å². The Hall–Kier alpha value is -3.50. The number of hydrogen-bond acceptors (Lipinski definition) is 5. The van der Waals surface area contributed by atoms with Crippen molar-refractivity contribution in [2.45, 2.75) is 31.0 Å². The first-order chi connectivity index (χ1) is 17.6. The van der Waals surface area contributed by atoms with Crippen LogP contribution in [0.5, 0.6) is 5.75 Å². The second kappa shape index (κ2) is 12.6. The molecule has 196 valence electrons.